The Labute approximate surface area is 73.4 Å². The summed E-state index contributed by atoms with van der Waals surface area (Å²) in [5.74, 6) is -1.06. The van der Waals surface area contributed by atoms with Crippen molar-refractivity contribution in [1.82, 2.24) is 4.98 Å². The highest BCUT2D eigenvalue weighted by Gasteiger charge is 2.12. The van der Waals surface area contributed by atoms with Crippen LogP contribution in [0.4, 0.5) is 4.39 Å². The second-order valence-corrected chi connectivity index (χ2v) is 3.73. The second kappa shape index (κ2) is 3.19. The van der Waals surface area contributed by atoms with Gasteiger partial charge in [-0.25, -0.2) is 18.5 Å². The maximum atomic E-state index is 12.6. The Morgan fingerprint density at radius 1 is 1.46 bits per heavy atom. The number of rotatable bonds is 2. The Bertz CT molecular complexity index is 443. The van der Waals surface area contributed by atoms with Gasteiger partial charge in [-0.3, -0.25) is 4.79 Å². The summed E-state index contributed by atoms with van der Waals surface area (Å²) in [5, 5.41) is 4.02. The van der Waals surface area contributed by atoms with Gasteiger partial charge in [0.2, 0.25) is 5.95 Å². The van der Waals surface area contributed by atoms with Gasteiger partial charge in [-0.1, -0.05) is 0 Å². The van der Waals surface area contributed by atoms with Gasteiger partial charge in [0, 0.05) is 11.6 Å². The topological polar surface area (TPSA) is 90.1 Å². The van der Waals surface area contributed by atoms with E-state index in [2.05, 4.69) is 10.1 Å². The van der Waals surface area contributed by atoms with Crippen LogP contribution in [0.25, 0.3) is 0 Å². The van der Waals surface area contributed by atoms with Crippen LogP contribution in [0.2, 0.25) is 0 Å². The van der Waals surface area contributed by atoms with Crippen LogP contribution >= 0.6 is 0 Å². The quantitative estimate of drug-likeness (QED) is 0.528. The van der Waals surface area contributed by atoms with Gasteiger partial charge in [-0.2, -0.15) is 4.39 Å². The van der Waals surface area contributed by atoms with E-state index in [0.29, 0.717) is 6.29 Å². The number of nitrogens with zero attached hydrogens (tertiary/aromatic N) is 1. The molecule has 0 amide bonds. The molecule has 1 heterocycles. The average Bonchev–Trinajstić information content (AvgIpc) is 2.01. The van der Waals surface area contributed by atoms with E-state index in [0.717, 1.165) is 12.1 Å². The van der Waals surface area contributed by atoms with Crippen LogP contribution in [0.1, 0.15) is 10.4 Å². The second-order valence-electron chi connectivity index (χ2n) is 2.22. The number of hydrogen-bond acceptors (Lipinski definition) is 4. The molecule has 0 atom stereocenters. The maximum Gasteiger partial charge on any atom is 0.255 e. The summed E-state index contributed by atoms with van der Waals surface area (Å²) in [7, 11) is -4.07. The Morgan fingerprint density at radius 3 is 2.54 bits per heavy atom. The zero-order valence-corrected chi connectivity index (χ0v) is 7.08. The highest BCUT2D eigenvalue weighted by Crippen LogP contribution is 2.06. The summed E-state index contributed by atoms with van der Waals surface area (Å²) < 4.78 is 33.9. The third kappa shape index (κ3) is 2.30. The van der Waals surface area contributed by atoms with E-state index in [9.17, 15) is 17.6 Å². The molecule has 13 heavy (non-hydrogen) atoms. The number of aldehydes is 1. The number of sulfonamides is 1. The van der Waals surface area contributed by atoms with Crippen molar-refractivity contribution in [3.8, 4) is 0 Å². The number of halogens is 1. The smallest absolute Gasteiger partial charge is 0.255 e. The van der Waals surface area contributed by atoms with Gasteiger partial charge < -0.3 is 0 Å². The monoisotopic (exact) mass is 204 g/mol. The van der Waals surface area contributed by atoms with Gasteiger partial charge in [0.25, 0.3) is 10.0 Å². The molecular formula is C6H5FN2O3S. The molecule has 0 bridgehead atoms. The number of carbonyl (C=O) groups excluding carboxylic acids is 1. The fourth-order valence-electron chi connectivity index (χ4n) is 0.705. The maximum absolute atomic E-state index is 12.6. The fraction of sp³-hybridized carbons (Fsp3) is 0. The van der Waals surface area contributed by atoms with Gasteiger partial charge in [0.15, 0.2) is 5.03 Å². The molecule has 70 valence electrons. The first kappa shape index (κ1) is 9.75. The molecule has 0 aliphatic carbocycles. The summed E-state index contributed by atoms with van der Waals surface area (Å²) in [6.07, 6.45) is 0.305. The van der Waals surface area contributed by atoms with Gasteiger partial charge in [-0.05, 0) is 6.07 Å². The van der Waals surface area contributed by atoms with Crippen molar-refractivity contribution in [2.45, 2.75) is 5.03 Å². The van der Waals surface area contributed by atoms with Gasteiger partial charge in [0.1, 0.15) is 6.29 Å². The number of aromatic nitrogens is 1. The third-order valence-corrected chi connectivity index (χ3v) is 2.01. The first-order valence-electron chi connectivity index (χ1n) is 3.09. The van der Waals surface area contributed by atoms with Crippen LogP contribution in [0.15, 0.2) is 17.2 Å². The Morgan fingerprint density at radius 2 is 2.08 bits per heavy atom. The predicted octanol–water partition coefficient (Wildman–Crippen LogP) is -0.319. The van der Waals surface area contributed by atoms with Crippen molar-refractivity contribution >= 4 is 16.3 Å². The largest absolute Gasteiger partial charge is 0.298 e. The molecule has 0 unspecified atom stereocenters. The van der Waals surface area contributed by atoms with Crippen molar-refractivity contribution in [2.75, 3.05) is 0 Å². The van der Waals surface area contributed by atoms with Crippen molar-refractivity contribution in [3.05, 3.63) is 23.6 Å². The Kier molecular flexibility index (Phi) is 2.39. The molecule has 0 aliphatic heterocycles. The molecule has 0 aromatic carbocycles. The van der Waals surface area contributed by atoms with E-state index in [1.807, 2.05) is 0 Å². The van der Waals surface area contributed by atoms with E-state index in [1.54, 1.807) is 0 Å². The van der Waals surface area contributed by atoms with Gasteiger partial charge in [0.05, 0.1) is 0 Å². The standard InChI is InChI=1S/C6H5FN2O3S/c7-5-1-4(3-10)2-6(9-5)13(8,11)12/h1-3H,(H2,8,11,12). The minimum Gasteiger partial charge on any atom is -0.298 e. The van der Waals surface area contributed by atoms with Crippen LogP contribution in [-0.2, 0) is 10.0 Å². The molecule has 0 radical (unpaired) electrons. The van der Waals surface area contributed by atoms with Crippen LogP contribution < -0.4 is 5.14 Å². The van der Waals surface area contributed by atoms with E-state index in [1.165, 1.54) is 0 Å². The zero-order valence-electron chi connectivity index (χ0n) is 6.27. The van der Waals surface area contributed by atoms with Crippen LogP contribution in [0, 0.1) is 5.95 Å². The SMILES string of the molecule is NS(=O)(=O)c1cc(C=O)cc(F)n1. The fourth-order valence-corrected chi connectivity index (χ4v) is 1.22. The van der Waals surface area contributed by atoms with Crippen molar-refractivity contribution in [3.63, 3.8) is 0 Å². The summed E-state index contributed by atoms with van der Waals surface area (Å²) in [6, 6.07) is 1.70. The third-order valence-electron chi connectivity index (χ3n) is 1.22. The van der Waals surface area contributed by atoms with E-state index in [-0.39, 0.29) is 5.56 Å². The zero-order chi connectivity index (χ0) is 10.1. The van der Waals surface area contributed by atoms with Crippen molar-refractivity contribution < 1.29 is 17.6 Å². The lowest BCUT2D eigenvalue weighted by Crippen LogP contribution is -2.15. The molecule has 1 aromatic rings. The molecule has 0 spiro atoms. The molecule has 5 nitrogen and oxygen atoms in total. The summed E-state index contributed by atoms with van der Waals surface area (Å²) >= 11 is 0. The lowest BCUT2D eigenvalue weighted by molar-refractivity contribution is 0.112. The summed E-state index contributed by atoms with van der Waals surface area (Å²) in [6.45, 7) is 0. The highest BCUT2D eigenvalue weighted by atomic mass is 32.2. The predicted molar refractivity (Wildman–Crippen MR) is 41.0 cm³/mol. The van der Waals surface area contributed by atoms with E-state index in [4.69, 9.17) is 0 Å². The molecule has 0 fully saturated rings. The molecule has 7 heteroatoms. The van der Waals surface area contributed by atoms with Gasteiger partial charge >= 0.3 is 0 Å². The van der Waals surface area contributed by atoms with Crippen LogP contribution in [-0.4, -0.2) is 19.7 Å². The molecule has 0 saturated heterocycles. The minimum atomic E-state index is -4.07. The lowest BCUT2D eigenvalue weighted by atomic mass is 10.3. The summed E-state index contributed by atoms with van der Waals surface area (Å²) in [5.41, 5.74) is -0.128. The number of pyridine rings is 1. The first-order chi connectivity index (χ1) is 5.93. The van der Waals surface area contributed by atoms with Crippen LogP contribution in [0.5, 0.6) is 0 Å². The van der Waals surface area contributed by atoms with E-state index >= 15 is 0 Å². The molecule has 2 N–H and O–H groups in total. The van der Waals surface area contributed by atoms with Gasteiger partial charge in [-0.15, -0.1) is 0 Å². The first-order valence-corrected chi connectivity index (χ1v) is 4.63. The number of primary sulfonamides is 1. The number of carbonyl (C=O) groups is 1. The van der Waals surface area contributed by atoms with Crippen molar-refractivity contribution in [2.24, 2.45) is 5.14 Å². The number of hydrogen-bond donors (Lipinski definition) is 1. The van der Waals surface area contributed by atoms with E-state index < -0.39 is 21.0 Å². The number of nitrogens with two attached hydrogens (primary N) is 1. The minimum absolute atomic E-state index is 0.128. The Hall–Kier alpha value is -1.34. The molecule has 1 rings (SSSR count). The van der Waals surface area contributed by atoms with Crippen LogP contribution in [0.3, 0.4) is 0 Å². The van der Waals surface area contributed by atoms with Crippen molar-refractivity contribution in [1.29, 1.82) is 0 Å². The molecule has 0 saturated carbocycles. The normalized spacial score (nSPS) is 11.2. The molecular weight excluding hydrogens is 199 g/mol. The average molecular weight is 204 g/mol. The Balaban J connectivity index is 3.41. The summed E-state index contributed by atoms with van der Waals surface area (Å²) in [4.78, 5) is 13.2. The molecule has 0 aliphatic rings. The lowest BCUT2D eigenvalue weighted by Gasteiger charge is -1.97. The highest BCUT2D eigenvalue weighted by molar-refractivity contribution is 7.89. The molecule has 1 aromatic heterocycles.